The smallest absolute Gasteiger partial charge is 0.177 e. The third kappa shape index (κ3) is 3.00. The van der Waals surface area contributed by atoms with Gasteiger partial charge in [0.1, 0.15) is 6.54 Å². The largest absolute Gasteiger partial charge is 0.265 e. The monoisotopic (exact) mass is 275 g/mol. The molecule has 0 amide bonds. The molecule has 2 heterocycles. The van der Waals surface area contributed by atoms with Crippen LogP contribution in [0.2, 0.25) is 0 Å². The Bertz CT molecular complexity index is 706. The Morgan fingerprint density at radius 2 is 1.57 bits per heavy atom. The third-order valence-electron chi connectivity index (χ3n) is 3.58. The summed E-state index contributed by atoms with van der Waals surface area (Å²) in [5.41, 5.74) is 4.95. The summed E-state index contributed by atoms with van der Waals surface area (Å²) in [5, 5.41) is 0. The summed E-state index contributed by atoms with van der Waals surface area (Å²) in [4.78, 5) is 4.12. The van der Waals surface area contributed by atoms with Gasteiger partial charge in [0.25, 0.3) is 0 Å². The minimum atomic E-state index is 1.04. The van der Waals surface area contributed by atoms with Gasteiger partial charge in [-0.15, -0.1) is 0 Å². The molecule has 0 N–H and O–H groups in total. The predicted molar refractivity (Wildman–Crippen MR) is 85.6 cm³/mol. The average Bonchev–Trinajstić information content (AvgIpc) is 2.57. The molecule has 0 fully saturated rings. The molecule has 104 valence electrons. The number of aromatic nitrogens is 2. The lowest BCUT2D eigenvalue weighted by Crippen LogP contribution is -2.32. The number of hydrogen-bond donors (Lipinski definition) is 0. The molecular weight excluding hydrogens is 256 g/mol. The predicted octanol–water partition coefficient (Wildman–Crippen LogP) is 4.11. The maximum Gasteiger partial charge on any atom is 0.177 e. The van der Waals surface area contributed by atoms with Gasteiger partial charge in [-0.05, 0) is 23.3 Å². The quantitative estimate of drug-likeness (QED) is 0.655. The van der Waals surface area contributed by atoms with Crippen molar-refractivity contribution in [2.24, 2.45) is 0 Å². The van der Waals surface area contributed by atoms with Crippen molar-refractivity contribution in [3.05, 3.63) is 73.3 Å². The fourth-order valence-corrected chi connectivity index (χ4v) is 2.57. The van der Waals surface area contributed by atoms with Crippen LogP contribution in [0.5, 0.6) is 0 Å². The molecule has 0 bridgehead atoms. The number of benzene rings is 1. The molecule has 0 unspecified atom stereocenters. The SMILES string of the molecule is CCC[n+]1ccc(-c2ccncc2)c(-c2ccccc2)c1. The molecule has 0 atom stereocenters. The van der Waals surface area contributed by atoms with Crippen LogP contribution >= 0.6 is 0 Å². The first kappa shape index (κ1) is 13.5. The van der Waals surface area contributed by atoms with Crippen LogP contribution in [-0.4, -0.2) is 4.98 Å². The molecule has 1 aromatic carbocycles. The fourth-order valence-electron chi connectivity index (χ4n) is 2.57. The molecule has 0 saturated heterocycles. The Morgan fingerprint density at radius 1 is 0.857 bits per heavy atom. The second-order valence-corrected chi connectivity index (χ2v) is 5.11. The zero-order valence-corrected chi connectivity index (χ0v) is 12.2. The lowest BCUT2D eigenvalue weighted by molar-refractivity contribution is -0.696. The summed E-state index contributed by atoms with van der Waals surface area (Å²) >= 11 is 0. The topological polar surface area (TPSA) is 16.8 Å². The summed E-state index contributed by atoms with van der Waals surface area (Å²) in [7, 11) is 0. The molecule has 2 nitrogen and oxygen atoms in total. The standard InChI is InChI=1S/C19H19N2/c1-2-13-21-14-10-18(17-8-11-20-12-9-17)19(15-21)16-6-4-3-5-7-16/h3-12,14-15H,2,13H2,1H3/q+1. The highest BCUT2D eigenvalue weighted by Gasteiger charge is 2.12. The first-order chi connectivity index (χ1) is 10.4. The van der Waals surface area contributed by atoms with E-state index in [1.165, 1.54) is 22.3 Å². The van der Waals surface area contributed by atoms with Crippen molar-refractivity contribution >= 4 is 0 Å². The van der Waals surface area contributed by atoms with Gasteiger partial charge < -0.3 is 0 Å². The number of pyridine rings is 2. The average molecular weight is 275 g/mol. The lowest BCUT2D eigenvalue weighted by atomic mass is 9.97. The molecule has 0 aliphatic carbocycles. The van der Waals surface area contributed by atoms with Gasteiger partial charge in [0.2, 0.25) is 0 Å². The van der Waals surface area contributed by atoms with Crippen molar-refractivity contribution in [2.45, 2.75) is 19.9 Å². The molecule has 3 aromatic rings. The Morgan fingerprint density at radius 3 is 2.29 bits per heavy atom. The lowest BCUT2D eigenvalue weighted by Gasteiger charge is -2.09. The van der Waals surface area contributed by atoms with Gasteiger partial charge in [-0.2, -0.15) is 0 Å². The maximum atomic E-state index is 4.12. The van der Waals surface area contributed by atoms with Crippen LogP contribution in [0.15, 0.2) is 73.3 Å². The Hall–Kier alpha value is -2.48. The second kappa shape index (κ2) is 6.31. The van der Waals surface area contributed by atoms with Crippen molar-refractivity contribution < 1.29 is 4.57 Å². The summed E-state index contributed by atoms with van der Waals surface area (Å²) in [6, 6.07) is 16.9. The number of aryl methyl sites for hydroxylation is 1. The van der Waals surface area contributed by atoms with E-state index in [1.54, 1.807) is 0 Å². The maximum absolute atomic E-state index is 4.12. The summed E-state index contributed by atoms with van der Waals surface area (Å²) in [6.45, 7) is 3.24. The van der Waals surface area contributed by atoms with E-state index in [-0.39, 0.29) is 0 Å². The molecule has 0 spiro atoms. The van der Waals surface area contributed by atoms with E-state index in [2.05, 4.69) is 77.4 Å². The van der Waals surface area contributed by atoms with Gasteiger partial charge in [0.05, 0.1) is 5.56 Å². The molecule has 0 aliphatic heterocycles. The fraction of sp³-hybridized carbons (Fsp3) is 0.158. The van der Waals surface area contributed by atoms with Crippen molar-refractivity contribution in [1.82, 2.24) is 4.98 Å². The first-order valence-electron chi connectivity index (χ1n) is 7.37. The van der Waals surface area contributed by atoms with Gasteiger partial charge in [-0.25, -0.2) is 4.57 Å². The van der Waals surface area contributed by atoms with Crippen molar-refractivity contribution in [1.29, 1.82) is 0 Å². The van der Waals surface area contributed by atoms with Crippen LogP contribution in [0.25, 0.3) is 22.3 Å². The minimum absolute atomic E-state index is 1.04. The van der Waals surface area contributed by atoms with E-state index in [0.29, 0.717) is 0 Å². The number of rotatable bonds is 4. The number of nitrogens with zero attached hydrogens (tertiary/aromatic N) is 2. The van der Waals surface area contributed by atoms with E-state index in [1.807, 2.05) is 12.4 Å². The summed E-state index contributed by atoms with van der Waals surface area (Å²) in [5.74, 6) is 0. The molecular formula is C19H19N2+. The zero-order valence-electron chi connectivity index (χ0n) is 12.2. The molecule has 2 aromatic heterocycles. The molecule has 2 heteroatoms. The van der Waals surface area contributed by atoms with Gasteiger partial charge >= 0.3 is 0 Å². The van der Waals surface area contributed by atoms with E-state index < -0.39 is 0 Å². The van der Waals surface area contributed by atoms with Gasteiger partial charge in [-0.3, -0.25) is 4.98 Å². The van der Waals surface area contributed by atoms with E-state index >= 15 is 0 Å². The van der Waals surface area contributed by atoms with Crippen molar-refractivity contribution in [2.75, 3.05) is 0 Å². The number of hydrogen-bond acceptors (Lipinski definition) is 1. The highest BCUT2D eigenvalue weighted by atomic mass is 14.9. The van der Waals surface area contributed by atoms with Crippen LogP contribution in [0.1, 0.15) is 13.3 Å². The van der Waals surface area contributed by atoms with Crippen LogP contribution < -0.4 is 4.57 Å². The zero-order chi connectivity index (χ0) is 14.5. The highest BCUT2D eigenvalue weighted by Crippen LogP contribution is 2.30. The van der Waals surface area contributed by atoms with Gasteiger partial charge in [0.15, 0.2) is 12.4 Å². The molecule has 0 radical (unpaired) electrons. The minimum Gasteiger partial charge on any atom is -0.265 e. The van der Waals surface area contributed by atoms with Crippen LogP contribution in [0, 0.1) is 0 Å². The molecule has 0 saturated carbocycles. The Labute approximate surface area is 125 Å². The molecule has 21 heavy (non-hydrogen) atoms. The Balaban J connectivity index is 2.16. The summed E-state index contributed by atoms with van der Waals surface area (Å²) in [6.07, 6.45) is 9.22. The highest BCUT2D eigenvalue weighted by molar-refractivity contribution is 5.81. The van der Waals surface area contributed by atoms with Crippen LogP contribution in [0.3, 0.4) is 0 Å². The van der Waals surface area contributed by atoms with Gasteiger partial charge in [-0.1, -0.05) is 37.3 Å². The third-order valence-corrected chi connectivity index (χ3v) is 3.58. The van der Waals surface area contributed by atoms with Crippen LogP contribution in [-0.2, 0) is 6.54 Å². The normalized spacial score (nSPS) is 10.5. The van der Waals surface area contributed by atoms with E-state index in [0.717, 1.165) is 13.0 Å². The molecule has 3 rings (SSSR count). The van der Waals surface area contributed by atoms with Crippen molar-refractivity contribution in [3.8, 4) is 22.3 Å². The van der Waals surface area contributed by atoms with Gasteiger partial charge in [0, 0.05) is 30.4 Å². The summed E-state index contributed by atoms with van der Waals surface area (Å²) < 4.78 is 2.26. The molecule has 0 aliphatic rings. The van der Waals surface area contributed by atoms with Crippen LogP contribution in [0.4, 0.5) is 0 Å². The first-order valence-corrected chi connectivity index (χ1v) is 7.37. The van der Waals surface area contributed by atoms with Crippen molar-refractivity contribution in [3.63, 3.8) is 0 Å². The Kier molecular flexibility index (Phi) is 4.06. The van der Waals surface area contributed by atoms with E-state index in [9.17, 15) is 0 Å². The second-order valence-electron chi connectivity index (χ2n) is 5.11. The van der Waals surface area contributed by atoms with E-state index in [4.69, 9.17) is 0 Å².